The van der Waals surface area contributed by atoms with E-state index >= 15 is 0 Å². The van der Waals surface area contributed by atoms with Crippen molar-refractivity contribution in [1.82, 2.24) is 4.90 Å². The molecule has 3 aromatic rings. The standard InChI is InChI=1S/C19H16ClNO2/c1-21(19(23)16-8-9-18(22)17(20)11-16)12-13-6-7-14-4-2-3-5-15(14)10-13/h2-11,22H,12H2,1H3. The molecule has 0 aliphatic rings. The first kappa shape index (κ1) is 15.4. The molecular weight excluding hydrogens is 310 g/mol. The summed E-state index contributed by atoms with van der Waals surface area (Å²) in [6.45, 7) is 0.502. The zero-order valence-corrected chi connectivity index (χ0v) is 13.4. The number of halogens is 1. The summed E-state index contributed by atoms with van der Waals surface area (Å²) in [6.07, 6.45) is 0. The van der Waals surface area contributed by atoms with Gasteiger partial charge in [0.15, 0.2) is 0 Å². The lowest BCUT2D eigenvalue weighted by Gasteiger charge is -2.18. The lowest BCUT2D eigenvalue weighted by atomic mass is 10.1. The summed E-state index contributed by atoms with van der Waals surface area (Å²) in [5, 5.41) is 11.9. The molecule has 0 aliphatic carbocycles. The van der Waals surface area contributed by atoms with E-state index in [-0.39, 0.29) is 16.7 Å². The minimum atomic E-state index is -0.139. The van der Waals surface area contributed by atoms with Crippen LogP contribution in [0.2, 0.25) is 5.02 Å². The van der Waals surface area contributed by atoms with Crippen molar-refractivity contribution in [3.05, 3.63) is 76.8 Å². The maximum absolute atomic E-state index is 12.5. The minimum Gasteiger partial charge on any atom is -0.506 e. The zero-order chi connectivity index (χ0) is 16.4. The molecule has 0 atom stereocenters. The predicted octanol–water partition coefficient (Wildman–Crippen LogP) is 4.47. The highest BCUT2D eigenvalue weighted by Crippen LogP contribution is 2.24. The van der Waals surface area contributed by atoms with Gasteiger partial charge in [-0.25, -0.2) is 0 Å². The SMILES string of the molecule is CN(Cc1ccc2ccccc2c1)C(=O)c1ccc(O)c(Cl)c1. The monoisotopic (exact) mass is 325 g/mol. The number of aromatic hydroxyl groups is 1. The first-order chi connectivity index (χ1) is 11.0. The van der Waals surface area contributed by atoms with Crippen LogP contribution in [0, 0.1) is 0 Å². The van der Waals surface area contributed by atoms with E-state index in [4.69, 9.17) is 11.6 Å². The fourth-order valence-corrected chi connectivity index (χ4v) is 2.72. The molecule has 3 nitrogen and oxygen atoms in total. The molecule has 0 spiro atoms. The summed E-state index contributed by atoms with van der Waals surface area (Å²) in [5.74, 6) is -0.166. The number of nitrogens with zero attached hydrogens (tertiary/aromatic N) is 1. The van der Waals surface area contributed by atoms with Crippen molar-refractivity contribution < 1.29 is 9.90 Å². The second-order valence-corrected chi connectivity index (χ2v) is 5.92. The summed E-state index contributed by atoms with van der Waals surface area (Å²) in [6, 6.07) is 18.8. The van der Waals surface area contributed by atoms with E-state index in [0.717, 1.165) is 10.9 Å². The Morgan fingerprint density at radius 2 is 1.78 bits per heavy atom. The van der Waals surface area contributed by atoms with E-state index in [1.807, 2.05) is 18.2 Å². The molecule has 0 heterocycles. The van der Waals surface area contributed by atoms with Crippen LogP contribution in [0.25, 0.3) is 10.8 Å². The molecule has 4 heteroatoms. The van der Waals surface area contributed by atoms with E-state index in [2.05, 4.69) is 24.3 Å². The molecule has 3 aromatic carbocycles. The Hall–Kier alpha value is -2.52. The van der Waals surface area contributed by atoms with Crippen molar-refractivity contribution in [2.24, 2.45) is 0 Å². The van der Waals surface area contributed by atoms with Crippen molar-refractivity contribution >= 4 is 28.3 Å². The van der Waals surface area contributed by atoms with Crippen molar-refractivity contribution in [3.63, 3.8) is 0 Å². The van der Waals surface area contributed by atoms with Gasteiger partial charge in [0.25, 0.3) is 5.91 Å². The summed E-state index contributed by atoms with van der Waals surface area (Å²) in [5.41, 5.74) is 1.51. The molecule has 23 heavy (non-hydrogen) atoms. The number of fused-ring (bicyclic) bond motifs is 1. The number of hydrogen-bond acceptors (Lipinski definition) is 2. The van der Waals surface area contributed by atoms with Crippen LogP contribution in [0.15, 0.2) is 60.7 Å². The Morgan fingerprint density at radius 3 is 2.52 bits per heavy atom. The maximum Gasteiger partial charge on any atom is 0.253 e. The Kier molecular flexibility index (Phi) is 4.22. The molecule has 0 saturated carbocycles. The molecule has 0 aliphatic heterocycles. The van der Waals surface area contributed by atoms with E-state index in [9.17, 15) is 9.90 Å². The van der Waals surface area contributed by atoms with Gasteiger partial charge in [0.1, 0.15) is 5.75 Å². The molecule has 0 radical (unpaired) electrons. The Bertz CT molecular complexity index is 876. The molecule has 1 amide bonds. The average molecular weight is 326 g/mol. The van der Waals surface area contributed by atoms with Crippen LogP contribution in [-0.2, 0) is 6.54 Å². The second kappa shape index (κ2) is 6.31. The van der Waals surface area contributed by atoms with Gasteiger partial charge in [0.05, 0.1) is 5.02 Å². The smallest absolute Gasteiger partial charge is 0.253 e. The van der Waals surface area contributed by atoms with Gasteiger partial charge < -0.3 is 10.0 Å². The normalized spacial score (nSPS) is 10.7. The first-order valence-corrected chi connectivity index (χ1v) is 7.64. The lowest BCUT2D eigenvalue weighted by molar-refractivity contribution is 0.0785. The van der Waals surface area contributed by atoms with Crippen LogP contribution in [-0.4, -0.2) is 23.0 Å². The summed E-state index contributed by atoms with van der Waals surface area (Å²) in [4.78, 5) is 14.1. The molecule has 0 saturated heterocycles. The number of benzene rings is 3. The fraction of sp³-hybridized carbons (Fsp3) is 0.105. The second-order valence-electron chi connectivity index (χ2n) is 5.51. The van der Waals surface area contributed by atoms with E-state index < -0.39 is 0 Å². The van der Waals surface area contributed by atoms with E-state index in [1.54, 1.807) is 18.0 Å². The third-order valence-corrected chi connectivity index (χ3v) is 4.08. The molecule has 0 bridgehead atoms. The Morgan fingerprint density at radius 1 is 1.04 bits per heavy atom. The number of phenolic OH excluding ortho intramolecular Hbond substituents is 1. The lowest BCUT2D eigenvalue weighted by Crippen LogP contribution is -2.26. The predicted molar refractivity (Wildman–Crippen MR) is 92.9 cm³/mol. The van der Waals surface area contributed by atoms with Gasteiger partial charge in [-0.15, -0.1) is 0 Å². The van der Waals surface area contributed by atoms with Crippen molar-refractivity contribution in [2.75, 3.05) is 7.05 Å². The summed E-state index contributed by atoms with van der Waals surface area (Å²) < 4.78 is 0. The largest absolute Gasteiger partial charge is 0.506 e. The number of carbonyl (C=O) groups excluding carboxylic acids is 1. The van der Waals surface area contributed by atoms with Gasteiger partial charge in [-0.3, -0.25) is 4.79 Å². The Labute approximate surface area is 139 Å². The van der Waals surface area contributed by atoms with E-state index in [1.165, 1.54) is 17.5 Å². The molecule has 1 N–H and O–H groups in total. The van der Waals surface area contributed by atoms with Crippen LogP contribution >= 0.6 is 11.6 Å². The topological polar surface area (TPSA) is 40.5 Å². The number of hydrogen-bond donors (Lipinski definition) is 1. The highest BCUT2D eigenvalue weighted by molar-refractivity contribution is 6.32. The third kappa shape index (κ3) is 3.30. The average Bonchev–Trinajstić information content (AvgIpc) is 2.56. The fourth-order valence-electron chi connectivity index (χ4n) is 2.54. The molecular formula is C19H16ClNO2. The van der Waals surface area contributed by atoms with Crippen LogP contribution < -0.4 is 0 Å². The van der Waals surface area contributed by atoms with Gasteiger partial charge in [0, 0.05) is 19.2 Å². The number of carbonyl (C=O) groups is 1. The van der Waals surface area contributed by atoms with Crippen LogP contribution in [0.1, 0.15) is 15.9 Å². The number of amides is 1. The maximum atomic E-state index is 12.5. The minimum absolute atomic E-state index is 0.0274. The zero-order valence-electron chi connectivity index (χ0n) is 12.7. The highest BCUT2D eigenvalue weighted by atomic mass is 35.5. The summed E-state index contributed by atoms with van der Waals surface area (Å²) >= 11 is 5.87. The van der Waals surface area contributed by atoms with Crippen LogP contribution in [0.5, 0.6) is 5.75 Å². The van der Waals surface area contributed by atoms with Crippen molar-refractivity contribution in [2.45, 2.75) is 6.54 Å². The number of rotatable bonds is 3. The van der Waals surface area contributed by atoms with Crippen molar-refractivity contribution in [1.29, 1.82) is 0 Å². The molecule has 116 valence electrons. The molecule has 3 rings (SSSR count). The van der Waals surface area contributed by atoms with Gasteiger partial charge in [-0.2, -0.15) is 0 Å². The van der Waals surface area contributed by atoms with Crippen LogP contribution in [0.3, 0.4) is 0 Å². The third-order valence-electron chi connectivity index (χ3n) is 3.77. The molecule has 0 fully saturated rings. The van der Waals surface area contributed by atoms with Gasteiger partial charge >= 0.3 is 0 Å². The molecule has 0 unspecified atom stereocenters. The quantitative estimate of drug-likeness (QED) is 0.771. The number of phenols is 1. The van der Waals surface area contributed by atoms with Gasteiger partial charge in [0.2, 0.25) is 0 Å². The first-order valence-electron chi connectivity index (χ1n) is 7.26. The summed E-state index contributed by atoms with van der Waals surface area (Å²) in [7, 11) is 1.75. The molecule has 0 aromatic heterocycles. The highest BCUT2D eigenvalue weighted by Gasteiger charge is 2.13. The van der Waals surface area contributed by atoms with Gasteiger partial charge in [-0.05, 0) is 40.6 Å². The van der Waals surface area contributed by atoms with Gasteiger partial charge in [-0.1, -0.05) is 48.0 Å². The van der Waals surface area contributed by atoms with Crippen LogP contribution in [0.4, 0.5) is 0 Å². The van der Waals surface area contributed by atoms with E-state index in [0.29, 0.717) is 12.1 Å². The van der Waals surface area contributed by atoms with Crippen molar-refractivity contribution in [3.8, 4) is 5.75 Å². The Balaban J connectivity index is 1.80.